The molecule has 1 aromatic heterocycles. The summed E-state index contributed by atoms with van der Waals surface area (Å²) in [4.78, 5) is 27.7. The van der Waals surface area contributed by atoms with Gasteiger partial charge < -0.3 is 19.3 Å². The number of piperazine rings is 1. The number of aromatic nitrogens is 2. The number of nitro benzene ring substituents is 1. The number of carbonyl (C=O) groups excluding carboxylic acids is 1. The smallest absolute Gasteiger partial charge is 0.286 e. The molecule has 0 atom stereocenters. The quantitative estimate of drug-likeness (QED) is 0.385. The number of benzene rings is 2. The Hall–Kier alpha value is -3.92. The largest absolute Gasteiger partial charge is 0.493 e. The van der Waals surface area contributed by atoms with Gasteiger partial charge in [0.2, 0.25) is 0 Å². The maximum atomic E-state index is 13.1. The Morgan fingerprint density at radius 3 is 2.18 bits per heavy atom. The second-order valence-corrected chi connectivity index (χ2v) is 7.98. The molecule has 0 N–H and O–H groups in total. The van der Waals surface area contributed by atoms with E-state index < -0.39 is 10.8 Å². The highest BCUT2D eigenvalue weighted by molar-refractivity contribution is 6.30. The Kier molecular flexibility index (Phi) is 6.78. The van der Waals surface area contributed by atoms with Crippen LogP contribution in [0, 0.1) is 10.1 Å². The fourth-order valence-corrected chi connectivity index (χ4v) is 3.89. The molecule has 0 unspecified atom stereocenters. The first-order chi connectivity index (χ1) is 16.4. The van der Waals surface area contributed by atoms with Crippen LogP contribution in [0.5, 0.6) is 11.5 Å². The summed E-state index contributed by atoms with van der Waals surface area (Å²) < 4.78 is 10.4. The van der Waals surface area contributed by atoms with Gasteiger partial charge in [-0.1, -0.05) is 23.7 Å². The van der Waals surface area contributed by atoms with E-state index in [1.807, 2.05) is 29.2 Å². The predicted molar refractivity (Wildman–Crippen MR) is 127 cm³/mol. The van der Waals surface area contributed by atoms with Gasteiger partial charge in [-0.2, -0.15) is 0 Å². The summed E-state index contributed by atoms with van der Waals surface area (Å²) in [5.41, 5.74) is 1.28. The summed E-state index contributed by atoms with van der Waals surface area (Å²) >= 11 is 5.94. The molecule has 0 radical (unpaired) electrons. The number of halogens is 1. The number of anilines is 1. The summed E-state index contributed by atoms with van der Waals surface area (Å²) in [6.45, 7) is 1.79. The molecule has 4 rings (SSSR count). The van der Waals surface area contributed by atoms with E-state index in [-0.39, 0.29) is 22.7 Å². The van der Waals surface area contributed by atoms with Crippen molar-refractivity contribution >= 4 is 29.0 Å². The van der Waals surface area contributed by atoms with Crippen LogP contribution >= 0.6 is 11.6 Å². The minimum atomic E-state index is -0.594. The fraction of sp³-hybridized carbons (Fsp3) is 0.261. The highest BCUT2D eigenvalue weighted by Gasteiger charge is 2.30. The van der Waals surface area contributed by atoms with Gasteiger partial charge in [0.15, 0.2) is 17.3 Å². The van der Waals surface area contributed by atoms with Crippen LogP contribution in [0.3, 0.4) is 0 Å². The second-order valence-electron chi connectivity index (χ2n) is 7.54. The van der Waals surface area contributed by atoms with Gasteiger partial charge in [0.25, 0.3) is 11.6 Å². The SMILES string of the molecule is COc1cc(C(=O)N2CCN(c3ccc(-c4ccc(Cl)cc4)nn3)CC2)c([N+](=O)[O-])cc1OC. The third-order valence-electron chi connectivity index (χ3n) is 5.61. The van der Waals surface area contributed by atoms with Crippen LogP contribution in [0.4, 0.5) is 11.5 Å². The zero-order chi connectivity index (χ0) is 24.2. The van der Waals surface area contributed by atoms with Crippen molar-refractivity contribution in [1.82, 2.24) is 15.1 Å². The normalized spacial score (nSPS) is 13.5. The minimum absolute atomic E-state index is 0.0387. The molecular weight excluding hydrogens is 462 g/mol. The standard InChI is InChI=1S/C23H22ClN5O5/c1-33-20-13-17(19(29(31)32)14-21(20)34-2)23(30)28-11-9-27(10-12-28)22-8-7-18(25-26-22)15-3-5-16(24)6-4-15/h3-8,13-14H,9-12H2,1-2H3. The third kappa shape index (κ3) is 4.72. The Bertz CT molecular complexity index is 1200. The minimum Gasteiger partial charge on any atom is -0.493 e. The molecule has 1 aliphatic rings. The lowest BCUT2D eigenvalue weighted by Gasteiger charge is -2.35. The Labute approximate surface area is 200 Å². The summed E-state index contributed by atoms with van der Waals surface area (Å²) in [6.07, 6.45) is 0. The van der Waals surface area contributed by atoms with Crippen molar-refractivity contribution in [3.63, 3.8) is 0 Å². The van der Waals surface area contributed by atoms with Crippen molar-refractivity contribution < 1.29 is 19.2 Å². The van der Waals surface area contributed by atoms with E-state index in [9.17, 15) is 14.9 Å². The van der Waals surface area contributed by atoms with Gasteiger partial charge in [0.1, 0.15) is 5.56 Å². The highest BCUT2D eigenvalue weighted by Crippen LogP contribution is 2.35. The first kappa shape index (κ1) is 23.2. The van der Waals surface area contributed by atoms with E-state index in [0.717, 1.165) is 11.3 Å². The van der Waals surface area contributed by atoms with Crippen molar-refractivity contribution in [2.24, 2.45) is 0 Å². The molecule has 3 aromatic rings. The summed E-state index contributed by atoms with van der Waals surface area (Å²) in [5.74, 6) is 0.709. The van der Waals surface area contributed by atoms with Crippen molar-refractivity contribution in [3.05, 3.63) is 69.2 Å². The highest BCUT2D eigenvalue weighted by atomic mass is 35.5. The van der Waals surface area contributed by atoms with E-state index in [2.05, 4.69) is 10.2 Å². The average Bonchev–Trinajstić information content (AvgIpc) is 2.88. The number of ether oxygens (including phenoxy) is 2. The van der Waals surface area contributed by atoms with Gasteiger partial charge in [-0.05, 0) is 24.3 Å². The number of nitrogens with zero attached hydrogens (tertiary/aromatic N) is 5. The summed E-state index contributed by atoms with van der Waals surface area (Å²) in [7, 11) is 2.79. The lowest BCUT2D eigenvalue weighted by Crippen LogP contribution is -2.49. The lowest BCUT2D eigenvalue weighted by molar-refractivity contribution is -0.385. The molecule has 1 aliphatic heterocycles. The predicted octanol–water partition coefficient (Wildman–Crippen LogP) is 3.68. The molecule has 0 spiro atoms. The first-order valence-corrected chi connectivity index (χ1v) is 10.8. The van der Waals surface area contributed by atoms with Crippen molar-refractivity contribution in [1.29, 1.82) is 0 Å². The maximum Gasteiger partial charge on any atom is 0.286 e. The molecule has 2 heterocycles. The van der Waals surface area contributed by atoms with Crippen LogP contribution in [-0.4, -0.2) is 66.3 Å². The van der Waals surface area contributed by atoms with Crippen molar-refractivity contribution in [2.75, 3.05) is 45.3 Å². The number of amides is 1. The van der Waals surface area contributed by atoms with Gasteiger partial charge in [-0.25, -0.2) is 0 Å². The lowest BCUT2D eigenvalue weighted by atomic mass is 10.1. The van der Waals surface area contributed by atoms with Crippen molar-refractivity contribution in [3.8, 4) is 22.8 Å². The number of rotatable bonds is 6. The molecule has 1 saturated heterocycles. The monoisotopic (exact) mass is 483 g/mol. The van der Waals surface area contributed by atoms with Crippen LogP contribution in [0.25, 0.3) is 11.3 Å². The zero-order valence-electron chi connectivity index (χ0n) is 18.6. The van der Waals surface area contributed by atoms with E-state index in [4.69, 9.17) is 21.1 Å². The van der Waals surface area contributed by atoms with E-state index >= 15 is 0 Å². The Balaban J connectivity index is 1.46. The molecule has 0 aliphatic carbocycles. The molecule has 10 nitrogen and oxygen atoms in total. The second kappa shape index (κ2) is 9.92. The number of methoxy groups -OCH3 is 2. The molecule has 176 valence electrons. The van der Waals surface area contributed by atoms with Crippen LogP contribution in [0.2, 0.25) is 5.02 Å². The molecule has 1 fully saturated rings. The molecule has 1 amide bonds. The van der Waals surface area contributed by atoms with Gasteiger partial charge >= 0.3 is 0 Å². The molecule has 0 saturated carbocycles. The molecule has 34 heavy (non-hydrogen) atoms. The first-order valence-electron chi connectivity index (χ1n) is 10.5. The van der Waals surface area contributed by atoms with E-state index in [0.29, 0.717) is 37.0 Å². The van der Waals surface area contributed by atoms with Crippen LogP contribution in [-0.2, 0) is 0 Å². The van der Waals surface area contributed by atoms with Gasteiger partial charge in [-0.3, -0.25) is 14.9 Å². The maximum absolute atomic E-state index is 13.1. The van der Waals surface area contributed by atoms with E-state index in [1.165, 1.54) is 26.4 Å². The van der Waals surface area contributed by atoms with Gasteiger partial charge in [-0.15, -0.1) is 10.2 Å². The number of hydrogen-bond donors (Lipinski definition) is 0. The average molecular weight is 484 g/mol. The van der Waals surface area contributed by atoms with Crippen LogP contribution in [0.15, 0.2) is 48.5 Å². The van der Waals surface area contributed by atoms with Crippen molar-refractivity contribution in [2.45, 2.75) is 0 Å². The number of hydrogen-bond acceptors (Lipinski definition) is 8. The Morgan fingerprint density at radius 2 is 1.62 bits per heavy atom. The molecule has 2 aromatic carbocycles. The van der Waals surface area contributed by atoms with Crippen LogP contribution < -0.4 is 14.4 Å². The number of nitro groups is 1. The summed E-state index contributed by atoms with van der Waals surface area (Å²) in [6, 6.07) is 13.7. The van der Waals surface area contributed by atoms with E-state index in [1.54, 1.807) is 17.0 Å². The summed E-state index contributed by atoms with van der Waals surface area (Å²) in [5, 5.41) is 20.9. The Morgan fingerprint density at radius 1 is 0.971 bits per heavy atom. The molecule has 11 heteroatoms. The molecule has 0 bridgehead atoms. The molecular formula is C23H22ClN5O5. The fourth-order valence-electron chi connectivity index (χ4n) is 3.77. The topological polar surface area (TPSA) is 111 Å². The van der Waals surface area contributed by atoms with Gasteiger partial charge in [0.05, 0.1) is 30.9 Å². The van der Waals surface area contributed by atoms with Gasteiger partial charge in [0, 0.05) is 42.8 Å². The zero-order valence-corrected chi connectivity index (χ0v) is 19.4. The number of carbonyl (C=O) groups is 1. The van der Waals surface area contributed by atoms with Crippen LogP contribution in [0.1, 0.15) is 10.4 Å². The third-order valence-corrected chi connectivity index (χ3v) is 5.86.